The minimum Gasteiger partial charge on any atom is -0.381 e. The van der Waals surface area contributed by atoms with Crippen molar-refractivity contribution in [3.63, 3.8) is 0 Å². The van der Waals surface area contributed by atoms with Crippen LogP contribution in [-0.4, -0.2) is 27.8 Å². The number of halogens is 1. The van der Waals surface area contributed by atoms with E-state index < -0.39 is 0 Å². The molecule has 2 aromatic rings. The number of fused-ring (bicyclic) bond motifs is 1. The summed E-state index contributed by atoms with van der Waals surface area (Å²) in [7, 11) is 0. The maximum atomic E-state index is 6.02. The average Bonchev–Trinajstić information content (AvgIpc) is 2.88. The normalized spacial score (nSPS) is 20.7. The quantitative estimate of drug-likeness (QED) is 0.750. The van der Waals surface area contributed by atoms with Crippen LogP contribution in [0.25, 0.3) is 5.65 Å². The summed E-state index contributed by atoms with van der Waals surface area (Å²) in [5.41, 5.74) is 0.807. The Bertz CT molecular complexity index is 505. The molecule has 0 radical (unpaired) electrons. The summed E-state index contributed by atoms with van der Waals surface area (Å²) >= 11 is 6.02. The van der Waals surface area contributed by atoms with Crippen LogP contribution in [0.3, 0.4) is 0 Å². The monoisotopic (exact) mass is 237 g/mol. The summed E-state index contributed by atoms with van der Waals surface area (Å²) in [5.74, 6) is 1.40. The maximum Gasteiger partial charge on any atom is 0.157 e. The van der Waals surface area contributed by atoms with Crippen LogP contribution in [0.5, 0.6) is 0 Å². The number of rotatable bonds is 2. The van der Waals surface area contributed by atoms with Crippen molar-refractivity contribution in [2.75, 3.05) is 13.2 Å². The summed E-state index contributed by atoms with van der Waals surface area (Å²) in [6.45, 7) is 1.68. The molecule has 0 saturated carbocycles. The van der Waals surface area contributed by atoms with Crippen molar-refractivity contribution >= 4 is 17.2 Å². The Morgan fingerprint density at radius 2 is 2.44 bits per heavy atom. The third kappa shape index (κ3) is 1.79. The lowest BCUT2D eigenvalue weighted by atomic mass is 10.1. The van der Waals surface area contributed by atoms with Crippen LogP contribution in [0.2, 0.25) is 5.15 Å². The Morgan fingerprint density at radius 1 is 1.50 bits per heavy atom. The minimum absolute atomic E-state index is 0.552. The van der Waals surface area contributed by atoms with E-state index in [1.54, 1.807) is 4.52 Å². The Labute approximate surface area is 98.2 Å². The summed E-state index contributed by atoms with van der Waals surface area (Å²) < 4.78 is 7.01. The van der Waals surface area contributed by atoms with Gasteiger partial charge in [-0.05, 0) is 24.5 Å². The molecule has 1 saturated heterocycles. The van der Waals surface area contributed by atoms with Crippen LogP contribution in [0.15, 0.2) is 18.2 Å². The molecule has 5 heteroatoms. The van der Waals surface area contributed by atoms with Crippen molar-refractivity contribution in [2.45, 2.75) is 12.8 Å². The van der Waals surface area contributed by atoms with Gasteiger partial charge < -0.3 is 4.74 Å². The van der Waals surface area contributed by atoms with Gasteiger partial charge in [0, 0.05) is 19.6 Å². The van der Waals surface area contributed by atoms with Gasteiger partial charge in [-0.15, -0.1) is 5.10 Å². The Hall–Kier alpha value is -1.13. The number of aromatic nitrogens is 3. The zero-order valence-electron chi connectivity index (χ0n) is 8.77. The lowest BCUT2D eigenvalue weighted by Crippen LogP contribution is -2.05. The van der Waals surface area contributed by atoms with Gasteiger partial charge in [-0.25, -0.2) is 9.50 Å². The second-order valence-corrected chi connectivity index (χ2v) is 4.47. The van der Waals surface area contributed by atoms with Crippen LogP contribution in [0, 0.1) is 5.92 Å². The molecule has 0 N–H and O–H groups in total. The highest BCUT2D eigenvalue weighted by Gasteiger charge is 2.18. The topological polar surface area (TPSA) is 39.4 Å². The van der Waals surface area contributed by atoms with E-state index in [1.807, 2.05) is 18.2 Å². The fourth-order valence-corrected chi connectivity index (χ4v) is 2.20. The first kappa shape index (κ1) is 10.1. The van der Waals surface area contributed by atoms with Gasteiger partial charge in [-0.1, -0.05) is 17.7 Å². The minimum atomic E-state index is 0.552. The van der Waals surface area contributed by atoms with Gasteiger partial charge in [0.1, 0.15) is 5.15 Å². The number of hydrogen-bond donors (Lipinski definition) is 0. The van der Waals surface area contributed by atoms with Gasteiger partial charge in [0.15, 0.2) is 11.5 Å². The van der Waals surface area contributed by atoms with Crippen LogP contribution >= 0.6 is 11.6 Å². The molecule has 4 nitrogen and oxygen atoms in total. The molecule has 1 atom stereocenters. The molecule has 0 amide bonds. The van der Waals surface area contributed by atoms with Crippen molar-refractivity contribution in [1.82, 2.24) is 14.6 Å². The highest BCUT2D eigenvalue weighted by molar-refractivity contribution is 6.29. The largest absolute Gasteiger partial charge is 0.381 e. The molecule has 0 spiro atoms. The Balaban J connectivity index is 1.90. The predicted molar refractivity (Wildman–Crippen MR) is 60.6 cm³/mol. The summed E-state index contributed by atoms with van der Waals surface area (Å²) in [4.78, 5) is 4.45. The second-order valence-electron chi connectivity index (χ2n) is 4.08. The van der Waals surface area contributed by atoms with Gasteiger partial charge in [0.2, 0.25) is 0 Å². The fourth-order valence-electron chi connectivity index (χ4n) is 2.01. The fraction of sp³-hybridized carbons (Fsp3) is 0.455. The molecule has 16 heavy (non-hydrogen) atoms. The van der Waals surface area contributed by atoms with Crippen LogP contribution in [0.4, 0.5) is 0 Å². The van der Waals surface area contributed by atoms with Gasteiger partial charge in [-0.2, -0.15) is 0 Å². The van der Waals surface area contributed by atoms with Gasteiger partial charge >= 0.3 is 0 Å². The van der Waals surface area contributed by atoms with E-state index in [4.69, 9.17) is 16.3 Å². The summed E-state index contributed by atoms with van der Waals surface area (Å²) in [5, 5.41) is 4.99. The second kappa shape index (κ2) is 4.03. The molecule has 1 aliphatic rings. The van der Waals surface area contributed by atoms with Crippen molar-refractivity contribution in [3.05, 3.63) is 29.2 Å². The van der Waals surface area contributed by atoms with E-state index in [9.17, 15) is 0 Å². The Morgan fingerprint density at radius 3 is 3.19 bits per heavy atom. The molecular formula is C11H12ClN3O. The van der Waals surface area contributed by atoms with Gasteiger partial charge in [0.25, 0.3) is 0 Å². The molecule has 0 aliphatic carbocycles. The molecule has 0 bridgehead atoms. The van der Waals surface area contributed by atoms with Crippen molar-refractivity contribution in [2.24, 2.45) is 5.92 Å². The average molecular weight is 238 g/mol. The van der Waals surface area contributed by atoms with E-state index in [0.29, 0.717) is 11.1 Å². The molecular weight excluding hydrogens is 226 g/mol. The summed E-state index contributed by atoms with van der Waals surface area (Å²) in [6.07, 6.45) is 1.97. The molecule has 1 unspecified atom stereocenters. The van der Waals surface area contributed by atoms with E-state index in [2.05, 4.69) is 10.1 Å². The third-order valence-electron chi connectivity index (χ3n) is 2.85. The lowest BCUT2D eigenvalue weighted by molar-refractivity contribution is 0.185. The number of hydrogen-bond acceptors (Lipinski definition) is 3. The van der Waals surface area contributed by atoms with Gasteiger partial charge in [0.05, 0.1) is 0 Å². The SMILES string of the molecule is Clc1cccc2nc(CC3CCOC3)nn12. The smallest absolute Gasteiger partial charge is 0.157 e. The van der Waals surface area contributed by atoms with Crippen molar-refractivity contribution in [3.8, 4) is 0 Å². The molecule has 3 heterocycles. The first-order chi connectivity index (χ1) is 7.83. The highest BCUT2D eigenvalue weighted by atomic mass is 35.5. The lowest BCUT2D eigenvalue weighted by Gasteiger charge is -2.01. The maximum absolute atomic E-state index is 6.02. The zero-order valence-corrected chi connectivity index (χ0v) is 9.52. The van der Waals surface area contributed by atoms with Crippen molar-refractivity contribution in [1.29, 1.82) is 0 Å². The van der Waals surface area contributed by atoms with E-state index in [0.717, 1.165) is 37.5 Å². The summed E-state index contributed by atoms with van der Waals surface area (Å²) in [6, 6.07) is 5.61. The number of ether oxygens (including phenoxy) is 1. The van der Waals surface area contributed by atoms with E-state index in [1.165, 1.54) is 0 Å². The van der Waals surface area contributed by atoms with E-state index >= 15 is 0 Å². The Kier molecular flexibility index (Phi) is 2.53. The van der Waals surface area contributed by atoms with E-state index in [-0.39, 0.29) is 0 Å². The van der Waals surface area contributed by atoms with Crippen LogP contribution in [0.1, 0.15) is 12.2 Å². The first-order valence-corrected chi connectivity index (χ1v) is 5.78. The zero-order chi connectivity index (χ0) is 11.0. The molecule has 1 aliphatic heterocycles. The van der Waals surface area contributed by atoms with Crippen LogP contribution < -0.4 is 0 Å². The first-order valence-electron chi connectivity index (χ1n) is 5.41. The molecule has 3 rings (SSSR count). The third-order valence-corrected chi connectivity index (χ3v) is 3.14. The highest BCUT2D eigenvalue weighted by Crippen LogP contribution is 2.18. The molecule has 1 fully saturated rings. The number of pyridine rings is 1. The van der Waals surface area contributed by atoms with Crippen molar-refractivity contribution < 1.29 is 4.74 Å². The predicted octanol–water partition coefficient (Wildman–Crippen LogP) is 1.96. The van der Waals surface area contributed by atoms with Gasteiger partial charge in [-0.3, -0.25) is 0 Å². The molecule has 2 aromatic heterocycles. The molecule has 0 aromatic carbocycles. The standard InChI is InChI=1S/C11H12ClN3O/c12-9-2-1-3-11-13-10(14-15(9)11)6-8-4-5-16-7-8/h1-3,8H,4-7H2. The number of nitrogens with zero attached hydrogens (tertiary/aromatic N) is 3. The molecule has 84 valence electrons. The van der Waals surface area contributed by atoms with Crippen LogP contribution in [-0.2, 0) is 11.2 Å².